The summed E-state index contributed by atoms with van der Waals surface area (Å²) >= 11 is 0. The minimum atomic E-state index is -1.27. The quantitative estimate of drug-likeness (QED) is 0.566. The Balaban J connectivity index is 0.00000420. The lowest BCUT2D eigenvalue weighted by Gasteiger charge is -2.38. The van der Waals surface area contributed by atoms with Gasteiger partial charge >= 0.3 is 0 Å². The summed E-state index contributed by atoms with van der Waals surface area (Å²) in [6, 6.07) is -0.180. The maximum atomic E-state index is 13.8. The fourth-order valence-corrected chi connectivity index (χ4v) is 3.34. The van der Waals surface area contributed by atoms with Crippen LogP contribution < -0.4 is 11.1 Å². The van der Waals surface area contributed by atoms with E-state index in [1.807, 2.05) is 18.7 Å². The predicted octanol–water partition coefficient (Wildman–Crippen LogP) is 1.88. The average Bonchev–Trinajstić information content (AvgIpc) is 2.64. The monoisotopic (exact) mass is 472 g/mol. The molecule has 1 aromatic rings. The van der Waals surface area contributed by atoms with Crippen LogP contribution in [0, 0.1) is 17.5 Å². The van der Waals surface area contributed by atoms with Gasteiger partial charge < -0.3 is 20.9 Å². The maximum absolute atomic E-state index is 13.8. The third kappa shape index (κ3) is 7.30. The molecular weight excluding hydrogens is 444 g/mol. The lowest BCUT2D eigenvalue weighted by atomic mass is 10.0. The smallest absolute Gasteiger partial charge is 0.244 e. The molecule has 0 unspecified atom stereocenters. The van der Waals surface area contributed by atoms with Crippen LogP contribution in [0.3, 0.4) is 0 Å². The van der Waals surface area contributed by atoms with E-state index in [0.717, 1.165) is 19.2 Å². The molecule has 0 radical (unpaired) electrons. The van der Waals surface area contributed by atoms with E-state index in [1.165, 1.54) is 4.90 Å². The number of amides is 2. The zero-order valence-corrected chi connectivity index (χ0v) is 18.6. The van der Waals surface area contributed by atoms with Crippen LogP contribution in [0.1, 0.15) is 25.8 Å². The SMILES string of the molecule is CCN(CC)C[C@@H]1C(=O)NCCN1C(=O)C[C@H](N)Cc1cc(F)c(F)cc1F.Cl.Cl. The van der Waals surface area contributed by atoms with Gasteiger partial charge in [0.15, 0.2) is 11.6 Å². The number of nitrogens with zero attached hydrogens (tertiary/aromatic N) is 2. The van der Waals surface area contributed by atoms with Gasteiger partial charge in [0.05, 0.1) is 0 Å². The average molecular weight is 473 g/mol. The summed E-state index contributed by atoms with van der Waals surface area (Å²) in [4.78, 5) is 28.6. The van der Waals surface area contributed by atoms with Crippen molar-refractivity contribution < 1.29 is 22.8 Å². The van der Waals surface area contributed by atoms with Gasteiger partial charge in [0.1, 0.15) is 11.9 Å². The molecule has 30 heavy (non-hydrogen) atoms. The Hall–Kier alpha value is -1.55. The second-order valence-corrected chi connectivity index (χ2v) is 6.91. The molecule has 3 N–H and O–H groups in total. The highest BCUT2D eigenvalue weighted by Gasteiger charge is 2.34. The van der Waals surface area contributed by atoms with Crippen LogP contribution in [-0.2, 0) is 16.0 Å². The van der Waals surface area contributed by atoms with Gasteiger partial charge in [-0.25, -0.2) is 13.2 Å². The molecule has 0 aliphatic carbocycles. The Morgan fingerprint density at radius 1 is 1.20 bits per heavy atom. The first kappa shape index (κ1) is 28.5. The first-order valence-corrected chi connectivity index (χ1v) is 9.45. The molecule has 1 aliphatic heterocycles. The molecule has 0 bridgehead atoms. The number of likely N-dealkylation sites (N-methyl/N-ethyl adjacent to an activating group) is 1. The van der Waals surface area contributed by atoms with Crippen LogP contribution in [-0.4, -0.2) is 66.4 Å². The molecule has 1 heterocycles. The molecule has 0 saturated carbocycles. The molecule has 0 spiro atoms. The number of nitrogens with two attached hydrogens (primary N) is 1. The van der Waals surface area contributed by atoms with Gasteiger partial charge in [-0.3, -0.25) is 9.59 Å². The normalized spacial score (nSPS) is 17.1. The van der Waals surface area contributed by atoms with Crippen molar-refractivity contribution in [2.24, 2.45) is 5.73 Å². The summed E-state index contributed by atoms with van der Waals surface area (Å²) < 4.78 is 40.2. The van der Waals surface area contributed by atoms with Gasteiger partial charge in [0.25, 0.3) is 0 Å². The Labute approximate surface area is 187 Å². The topological polar surface area (TPSA) is 78.7 Å². The van der Waals surface area contributed by atoms with E-state index < -0.39 is 29.5 Å². The molecule has 1 aromatic carbocycles. The molecule has 2 rings (SSSR count). The van der Waals surface area contributed by atoms with Crippen molar-refractivity contribution in [3.05, 3.63) is 35.1 Å². The van der Waals surface area contributed by atoms with E-state index in [1.54, 1.807) is 0 Å². The molecule has 1 fully saturated rings. The van der Waals surface area contributed by atoms with Crippen molar-refractivity contribution in [2.75, 3.05) is 32.7 Å². The summed E-state index contributed by atoms with van der Waals surface area (Å²) in [6.45, 7) is 6.58. The molecule has 6 nitrogen and oxygen atoms in total. The first-order chi connectivity index (χ1) is 13.3. The highest BCUT2D eigenvalue weighted by molar-refractivity contribution is 5.89. The number of rotatable bonds is 8. The fourth-order valence-electron chi connectivity index (χ4n) is 3.34. The molecule has 1 aliphatic rings. The predicted molar refractivity (Wildman–Crippen MR) is 113 cm³/mol. The number of hydrogen-bond acceptors (Lipinski definition) is 4. The highest BCUT2D eigenvalue weighted by Crippen LogP contribution is 2.17. The standard InChI is InChI=1S/C19H27F3N4O2.2ClH/c1-3-25(4-2)11-17-19(28)24-5-6-26(17)18(27)9-13(23)7-12-8-15(21)16(22)10-14(12)20;;/h8,10,13,17H,3-7,9,11,23H2,1-2H3,(H,24,28);2*1H/t13-,17-;;/m1../s1. The zero-order valence-electron chi connectivity index (χ0n) is 17.0. The summed E-state index contributed by atoms with van der Waals surface area (Å²) in [7, 11) is 0. The molecular formula is C19H29Cl2F3N4O2. The fraction of sp³-hybridized carbons (Fsp3) is 0.579. The number of benzene rings is 1. The van der Waals surface area contributed by atoms with Gasteiger partial charge in [-0.2, -0.15) is 0 Å². The molecule has 11 heteroatoms. The van der Waals surface area contributed by atoms with Crippen LogP contribution >= 0.6 is 24.8 Å². The third-order valence-corrected chi connectivity index (χ3v) is 4.98. The van der Waals surface area contributed by atoms with Crippen molar-refractivity contribution in [1.82, 2.24) is 15.1 Å². The number of piperazine rings is 1. The number of nitrogens with one attached hydrogen (secondary N) is 1. The number of carbonyl (C=O) groups excluding carboxylic acids is 2. The van der Waals surface area contributed by atoms with Gasteiger partial charge in [-0.1, -0.05) is 13.8 Å². The summed E-state index contributed by atoms with van der Waals surface area (Å²) in [5.41, 5.74) is 5.87. The number of carbonyl (C=O) groups is 2. The van der Waals surface area contributed by atoms with E-state index >= 15 is 0 Å². The molecule has 1 saturated heterocycles. The van der Waals surface area contributed by atoms with Gasteiger partial charge in [-0.15, -0.1) is 24.8 Å². The Kier molecular flexibility index (Phi) is 12.3. The maximum Gasteiger partial charge on any atom is 0.244 e. The molecule has 2 amide bonds. The van der Waals surface area contributed by atoms with Gasteiger partial charge in [0.2, 0.25) is 11.8 Å². The summed E-state index contributed by atoms with van der Waals surface area (Å²) in [5, 5.41) is 2.77. The Morgan fingerprint density at radius 3 is 2.40 bits per heavy atom. The third-order valence-electron chi connectivity index (χ3n) is 4.98. The van der Waals surface area contributed by atoms with Crippen molar-refractivity contribution >= 4 is 36.6 Å². The van der Waals surface area contributed by atoms with Gasteiger partial charge in [-0.05, 0) is 31.1 Å². The second kappa shape index (κ2) is 13.0. The van der Waals surface area contributed by atoms with Gasteiger partial charge in [0, 0.05) is 38.2 Å². The van der Waals surface area contributed by atoms with E-state index in [4.69, 9.17) is 5.73 Å². The van der Waals surface area contributed by atoms with Crippen LogP contribution in [0.15, 0.2) is 12.1 Å². The summed E-state index contributed by atoms with van der Waals surface area (Å²) in [6.07, 6.45) is -0.240. The van der Waals surface area contributed by atoms with E-state index in [9.17, 15) is 22.8 Å². The van der Waals surface area contributed by atoms with Crippen molar-refractivity contribution in [3.63, 3.8) is 0 Å². The first-order valence-electron chi connectivity index (χ1n) is 9.45. The van der Waals surface area contributed by atoms with Crippen LogP contribution in [0.5, 0.6) is 0 Å². The van der Waals surface area contributed by atoms with Crippen LogP contribution in [0.25, 0.3) is 0 Å². The van der Waals surface area contributed by atoms with E-state index in [0.29, 0.717) is 25.7 Å². The van der Waals surface area contributed by atoms with Crippen molar-refractivity contribution in [3.8, 4) is 0 Å². The minimum absolute atomic E-state index is 0. The minimum Gasteiger partial charge on any atom is -0.352 e. The Bertz CT molecular complexity index is 723. The highest BCUT2D eigenvalue weighted by atomic mass is 35.5. The Morgan fingerprint density at radius 2 is 1.80 bits per heavy atom. The molecule has 2 atom stereocenters. The molecule has 172 valence electrons. The molecule has 0 aromatic heterocycles. The summed E-state index contributed by atoms with van der Waals surface area (Å²) in [5.74, 6) is -3.88. The lowest BCUT2D eigenvalue weighted by molar-refractivity contribution is -0.144. The van der Waals surface area contributed by atoms with E-state index in [-0.39, 0.29) is 55.0 Å². The van der Waals surface area contributed by atoms with E-state index in [2.05, 4.69) is 5.32 Å². The number of hydrogen-bond donors (Lipinski definition) is 2. The number of halogens is 5. The van der Waals surface area contributed by atoms with Crippen molar-refractivity contribution in [1.29, 1.82) is 0 Å². The van der Waals surface area contributed by atoms with Crippen LogP contribution in [0.2, 0.25) is 0 Å². The second-order valence-electron chi connectivity index (χ2n) is 6.91. The van der Waals surface area contributed by atoms with Crippen LogP contribution in [0.4, 0.5) is 13.2 Å². The lowest BCUT2D eigenvalue weighted by Crippen LogP contribution is -2.61. The largest absolute Gasteiger partial charge is 0.352 e. The van der Waals surface area contributed by atoms with Crippen molar-refractivity contribution in [2.45, 2.75) is 38.8 Å². The zero-order chi connectivity index (χ0) is 20.8.